The van der Waals surface area contributed by atoms with Gasteiger partial charge in [0.15, 0.2) is 0 Å². The lowest BCUT2D eigenvalue weighted by Gasteiger charge is -2.45. The Morgan fingerprint density at radius 2 is 2.18 bits per heavy atom. The third-order valence-corrected chi connectivity index (χ3v) is 4.01. The highest BCUT2D eigenvalue weighted by atomic mass is 19.1. The standard InChI is InChI=1S/C17H26FNO3/c1-13-8-19(17(2,3)12-22-13)9-15(20)11-21-10-14-6-4-5-7-16(14)18/h4-7,13,15,20H,8-12H2,1-3H3. The lowest BCUT2D eigenvalue weighted by Crippen LogP contribution is -2.57. The van der Waals surface area contributed by atoms with Gasteiger partial charge in [0.2, 0.25) is 0 Å². The van der Waals surface area contributed by atoms with Gasteiger partial charge in [0.05, 0.1) is 32.0 Å². The Kier molecular flexibility index (Phi) is 5.92. The van der Waals surface area contributed by atoms with E-state index in [2.05, 4.69) is 18.7 Å². The number of hydrogen-bond donors (Lipinski definition) is 1. The molecule has 1 aliphatic rings. The topological polar surface area (TPSA) is 41.9 Å². The molecule has 124 valence electrons. The second-order valence-electron chi connectivity index (χ2n) is 6.60. The lowest BCUT2D eigenvalue weighted by molar-refractivity contribution is -0.108. The molecule has 0 amide bonds. The summed E-state index contributed by atoms with van der Waals surface area (Å²) in [5.41, 5.74) is 0.411. The highest BCUT2D eigenvalue weighted by molar-refractivity contribution is 5.16. The van der Waals surface area contributed by atoms with E-state index < -0.39 is 6.10 Å². The fourth-order valence-electron chi connectivity index (χ4n) is 2.60. The van der Waals surface area contributed by atoms with Crippen LogP contribution in [0, 0.1) is 5.82 Å². The number of morpholine rings is 1. The number of aliphatic hydroxyl groups excluding tert-OH is 1. The Hall–Kier alpha value is -1.01. The second kappa shape index (κ2) is 7.51. The van der Waals surface area contributed by atoms with Crippen molar-refractivity contribution in [3.05, 3.63) is 35.6 Å². The molecule has 0 saturated carbocycles. The molecule has 0 bridgehead atoms. The van der Waals surface area contributed by atoms with E-state index in [0.717, 1.165) is 6.54 Å². The summed E-state index contributed by atoms with van der Waals surface area (Å²) in [6.45, 7) is 8.57. The maximum absolute atomic E-state index is 13.5. The molecule has 0 radical (unpaired) electrons. The molecule has 1 aromatic carbocycles. The van der Waals surface area contributed by atoms with Gasteiger partial charge < -0.3 is 14.6 Å². The molecule has 22 heavy (non-hydrogen) atoms. The predicted molar refractivity (Wildman–Crippen MR) is 83.1 cm³/mol. The summed E-state index contributed by atoms with van der Waals surface area (Å²) < 4.78 is 24.6. The maximum Gasteiger partial charge on any atom is 0.128 e. The minimum atomic E-state index is -0.601. The van der Waals surface area contributed by atoms with E-state index in [1.165, 1.54) is 6.07 Å². The van der Waals surface area contributed by atoms with Crippen LogP contribution in [0.3, 0.4) is 0 Å². The normalized spacial score (nSPS) is 23.4. The van der Waals surface area contributed by atoms with Crippen LogP contribution in [-0.4, -0.2) is 54.1 Å². The van der Waals surface area contributed by atoms with Crippen LogP contribution in [0.1, 0.15) is 26.3 Å². The third kappa shape index (κ3) is 4.74. The van der Waals surface area contributed by atoms with Crippen molar-refractivity contribution in [1.82, 2.24) is 4.90 Å². The SMILES string of the molecule is CC1CN(CC(O)COCc2ccccc2F)C(C)(C)CO1. The van der Waals surface area contributed by atoms with Crippen LogP contribution in [0.5, 0.6) is 0 Å². The molecule has 1 saturated heterocycles. The van der Waals surface area contributed by atoms with Crippen molar-refractivity contribution in [1.29, 1.82) is 0 Å². The Bertz CT molecular complexity index is 481. The minimum absolute atomic E-state index is 0.0982. The van der Waals surface area contributed by atoms with Crippen molar-refractivity contribution in [3.8, 4) is 0 Å². The summed E-state index contributed by atoms with van der Waals surface area (Å²) in [5.74, 6) is -0.278. The molecule has 4 nitrogen and oxygen atoms in total. The number of aliphatic hydroxyl groups is 1. The monoisotopic (exact) mass is 311 g/mol. The molecule has 2 atom stereocenters. The van der Waals surface area contributed by atoms with Crippen molar-refractivity contribution in [2.45, 2.75) is 45.1 Å². The van der Waals surface area contributed by atoms with Crippen LogP contribution >= 0.6 is 0 Å². The smallest absolute Gasteiger partial charge is 0.128 e. The number of β-amino-alcohol motifs (C(OH)–C–C–N with tert-alkyl or cyclic N) is 1. The zero-order valence-corrected chi connectivity index (χ0v) is 13.6. The first-order chi connectivity index (χ1) is 10.4. The van der Waals surface area contributed by atoms with Crippen molar-refractivity contribution in [2.75, 3.05) is 26.3 Å². The van der Waals surface area contributed by atoms with Gasteiger partial charge >= 0.3 is 0 Å². The fraction of sp³-hybridized carbons (Fsp3) is 0.647. The van der Waals surface area contributed by atoms with Crippen LogP contribution in [0.2, 0.25) is 0 Å². The van der Waals surface area contributed by atoms with Gasteiger partial charge in [-0.15, -0.1) is 0 Å². The molecule has 1 heterocycles. The van der Waals surface area contributed by atoms with Gasteiger partial charge in [0.1, 0.15) is 5.82 Å². The molecule has 1 aliphatic heterocycles. The van der Waals surface area contributed by atoms with Crippen molar-refractivity contribution in [2.24, 2.45) is 0 Å². The van der Waals surface area contributed by atoms with E-state index >= 15 is 0 Å². The summed E-state index contributed by atoms with van der Waals surface area (Å²) in [6.07, 6.45) is -0.434. The molecule has 1 aromatic rings. The Labute approximate surface area is 131 Å². The highest BCUT2D eigenvalue weighted by Crippen LogP contribution is 2.22. The summed E-state index contributed by atoms with van der Waals surface area (Å²) in [7, 11) is 0. The zero-order chi connectivity index (χ0) is 16.2. The molecule has 2 rings (SSSR count). The molecule has 0 aromatic heterocycles. The molecule has 1 N–H and O–H groups in total. The maximum atomic E-state index is 13.5. The molecule has 0 spiro atoms. The fourth-order valence-corrected chi connectivity index (χ4v) is 2.60. The van der Waals surface area contributed by atoms with Crippen LogP contribution in [0.25, 0.3) is 0 Å². The summed E-state index contributed by atoms with van der Waals surface area (Å²) >= 11 is 0. The first-order valence-electron chi connectivity index (χ1n) is 7.74. The molecular formula is C17H26FNO3. The van der Waals surface area contributed by atoms with Crippen molar-refractivity contribution >= 4 is 0 Å². The first kappa shape index (κ1) is 17.3. The van der Waals surface area contributed by atoms with E-state index in [1.807, 2.05) is 6.92 Å². The van der Waals surface area contributed by atoms with E-state index in [9.17, 15) is 9.50 Å². The third-order valence-electron chi connectivity index (χ3n) is 4.01. The number of hydrogen-bond acceptors (Lipinski definition) is 4. The largest absolute Gasteiger partial charge is 0.389 e. The van der Waals surface area contributed by atoms with Gasteiger partial charge in [-0.05, 0) is 26.8 Å². The van der Waals surface area contributed by atoms with E-state index in [1.54, 1.807) is 18.2 Å². The summed E-state index contributed by atoms with van der Waals surface area (Å²) in [4.78, 5) is 2.22. The molecule has 5 heteroatoms. The number of ether oxygens (including phenoxy) is 2. The Morgan fingerprint density at radius 1 is 1.45 bits per heavy atom. The molecule has 0 aliphatic carbocycles. The number of nitrogens with zero attached hydrogens (tertiary/aromatic N) is 1. The van der Waals surface area contributed by atoms with E-state index in [-0.39, 0.29) is 30.7 Å². The average Bonchev–Trinajstić information content (AvgIpc) is 2.45. The van der Waals surface area contributed by atoms with Gasteiger partial charge in [0, 0.05) is 24.2 Å². The first-order valence-corrected chi connectivity index (χ1v) is 7.74. The quantitative estimate of drug-likeness (QED) is 0.874. The van der Waals surface area contributed by atoms with E-state index in [4.69, 9.17) is 9.47 Å². The van der Waals surface area contributed by atoms with Crippen LogP contribution < -0.4 is 0 Å². The van der Waals surface area contributed by atoms with Crippen LogP contribution in [-0.2, 0) is 16.1 Å². The summed E-state index contributed by atoms with van der Waals surface area (Å²) in [5, 5.41) is 10.2. The van der Waals surface area contributed by atoms with E-state index in [0.29, 0.717) is 18.7 Å². The number of halogens is 1. The zero-order valence-electron chi connectivity index (χ0n) is 13.6. The Balaban J connectivity index is 1.78. The second-order valence-corrected chi connectivity index (χ2v) is 6.60. The van der Waals surface area contributed by atoms with Gasteiger partial charge in [0.25, 0.3) is 0 Å². The minimum Gasteiger partial charge on any atom is -0.389 e. The predicted octanol–water partition coefficient (Wildman–Crippen LogP) is 2.20. The molecule has 1 fully saturated rings. The summed E-state index contributed by atoms with van der Waals surface area (Å²) in [6, 6.07) is 6.52. The van der Waals surface area contributed by atoms with Gasteiger partial charge in [-0.3, -0.25) is 4.90 Å². The molecular weight excluding hydrogens is 285 g/mol. The Morgan fingerprint density at radius 3 is 2.91 bits per heavy atom. The number of rotatable bonds is 6. The van der Waals surface area contributed by atoms with Gasteiger partial charge in [-0.1, -0.05) is 18.2 Å². The van der Waals surface area contributed by atoms with Gasteiger partial charge in [-0.2, -0.15) is 0 Å². The highest BCUT2D eigenvalue weighted by Gasteiger charge is 2.34. The number of benzene rings is 1. The average molecular weight is 311 g/mol. The van der Waals surface area contributed by atoms with Crippen LogP contribution in [0.15, 0.2) is 24.3 Å². The molecule has 2 unspecified atom stereocenters. The van der Waals surface area contributed by atoms with Crippen molar-refractivity contribution < 1.29 is 19.0 Å². The van der Waals surface area contributed by atoms with Gasteiger partial charge in [-0.25, -0.2) is 4.39 Å². The lowest BCUT2D eigenvalue weighted by atomic mass is 10.0. The van der Waals surface area contributed by atoms with Crippen molar-refractivity contribution in [3.63, 3.8) is 0 Å². The van der Waals surface area contributed by atoms with Crippen LogP contribution in [0.4, 0.5) is 4.39 Å².